The first-order valence-corrected chi connectivity index (χ1v) is 13.5. The fourth-order valence-corrected chi connectivity index (χ4v) is 4.00. The highest BCUT2D eigenvalue weighted by Crippen LogP contribution is 2.27. The fraction of sp³-hybridized carbons (Fsp3) is 0.393. The van der Waals surface area contributed by atoms with Gasteiger partial charge in [-0.2, -0.15) is 8.42 Å². The van der Waals surface area contributed by atoms with Crippen LogP contribution in [0.25, 0.3) is 6.08 Å². The third kappa shape index (κ3) is 10.4. The maximum Gasteiger partial charge on any atom is 0.297 e. The minimum Gasteiger partial charge on any atom is -0.386 e. The lowest BCUT2D eigenvalue weighted by atomic mass is 9.86. The van der Waals surface area contributed by atoms with Crippen molar-refractivity contribution in [2.75, 3.05) is 33.0 Å². The standard InChI is InChI=1S/C28H37N3O6S/c1-22-7-13-25(14-8-22)38(33,34)37-19-18-36-17-16-35-15-5-6-23-9-11-24(12-10-23)20-26(31(30)21-29)27(32)28(2,3)4/h7-14,20-21,27,29,32H,15-19,30H2,1-4H3/b26-20+,29-21?. The minimum atomic E-state index is -3.79. The SMILES string of the molecule is Cc1ccc(S(=O)(=O)OCCOCCOCC#Cc2ccc(/C=C(\C(O)C(C)(C)C)N(N)C=N)cc2)cc1. The third-order valence-corrected chi connectivity index (χ3v) is 6.64. The van der Waals surface area contributed by atoms with E-state index >= 15 is 0 Å². The number of aryl methyl sites for hydroxylation is 1. The summed E-state index contributed by atoms with van der Waals surface area (Å²) in [4.78, 5) is 0.116. The molecule has 4 N–H and O–H groups in total. The van der Waals surface area contributed by atoms with Gasteiger partial charge in [0.25, 0.3) is 10.1 Å². The van der Waals surface area contributed by atoms with Gasteiger partial charge in [-0.25, -0.2) is 5.84 Å². The normalized spacial score (nSPS) is 12.9. The van der Waals surface area contributed by atoms with Crippen LogP contribution in [0.2, 0.25) is 0 Å². The predicted octanol–water partition coefficient (Wildman–Crippen LogP) is 3.32. The van der Waals surface area contributed by atoms with Crippen LogP contribution in [0, 0.1) is 29.6 Å². The van der Waals surface area contributed by atoms with Crippen LogP contribution in [0.15, 0.2) is 59.1 Å². The van der Waals surface area contributed by atoms with Crippen LogP contribution in [-0.2, 0) is 23.8 Å². The van der Waals surface area contributed by atoms with Gasteiger partial charge >= 0.3 is 0 Å². The second-order valence-corrected chi connectivity index (χ2v) is 11.2. The summed E-state index contributed by atoms with van der Waals surface area (Å²) in [6.07, 6.45) is 1.84. The molecule has 2 aromatic carbocycles. The number of ether oxygens (including phenoxy) is 2. The minimum absolute atomic E-state index is 0.0808. The molecule has 0 spiro atoms. The number of hydrogen-bond acceptors (Lipinski definition) is 8. The molecule has 0 amide bonds. The van der Waals surface area contributed by atoms with Gasteiger partial charge in [0.05, 0.1) is 37.0 Å². The lowest BCUT2D eigenvalue weighted by molar-refractivity contribution is 0.0471. The molecule has 9 nitrogen and oxygen atoms in total. The molecular formula is C28H37N3O6S. The highest BCUT2D eigenvalue weighted by molar-refractivity contribution is 7.86. The maximum absolute atomic E-state index is 12.1. The average molecular weight is 544 g/mol. The molecular weight excluding hydrogens is 506 g/mol. The average Bonchev–Trinajstić information content (AvgIpc) is 2.88. The highest BCUT2D eigenvalue weighted by atomic mass is 32.2. The summed E-state index contributed by atoms with van der Waals surface area (Å²) < 4.78 is 39.9. The Morgan fingerprint density at radius 2 is 1.66 bits per heavy atom. The Kier molecular flexibility index (Phi) is 12.1. The van der Waals surface area contributed by atoms with Crippen LogP contribution in [0.5, 0.6) is 0 Å². The Labute approximate surface area is 225 Å². The van der Waals surface area contributed by atoms with Gasteiger partial charge in [0.2, 0.25) is 0 Å². The van der Waals surface area contributed by atoms with Crippen molar-refractivity contribution in [1.29, 1.82) is 5.41 Å². The summed E-state index contributed by atoms with van der Waals surface area (Å²) in [6.45, 7) is 8.41. The Hall–Kier alpha value is -3.04. The first-order chi connectivity index (χ1) is 17.9. The Morgan fingerprint density at radius 3 is 2.26 bits per heavy atom. The number of nitrogens with zero attached hydrogens (tertiary/aromatic N) is 1. The van der Waals surface area contributed by atoms with Gasteiger partial charge in [0.15, 0.2) is 0 Å². The quantitative estimate of drug-likeness (QED) is 0.0666. The third-order valence-electron chi connectivity index (χ3n) is 5.32. The molecule has 1 unspecified atom stereocenters. The van der Waals surface area contributed by atoms with Crippen molar-refractivity contribution in [3.63, 3.8) is 0 Å². The Bertz CT molecular complexity index is 1220. The van der Waals surface area contributed by atoms with E-state index in [0.717, 1.165) is 28.0 Å². The van der Waals surface area contributed by atoms with Gasteiger partial charge < -0.3 is 14.6 Å². The first-order valence-electron chi connectivity index (χ1n) is 12.1. The van der Waals surface area contributed by atoms with Crippen LogP contribution in [0.3, 0.4) is 0 Å². The van der Waals surface area contributed by atoms with Gasteiger partial charge in [0.1, 0.15) is 19.0 Å². The Morgan fingerprint density at radius 1 is 1.05 bits per heavy atom. The van der Waals surface area contributed by atoms with Gasteiger partial charge in [0, 0.05) is 5.56 Å². The van der Waals surface area contributed by atoms with Crippen molar-refractivity contribution in [3.05, 3.63) is 70.9 Å². The number of aliphatic hydroxyl groups excluding tert-OH is 1. The van der Waals surface area contributed by atoms with E-state index < -0.39 is 21.6 Å². The van der Waals surface area contributed by atoms with E-state index in [9.17, 15) is 13.5 Å². The summed E-state index contributed by atoms with van der Waals surface area (Å²) >= 11 is 0. The highest BCUT2D eigenvalue weighted by Gasteiger charge is 2.28. The monoisotopic (exact) mass is 543 g/mol. The van der Waals surface area contributed by atoms with E-state index in [0.29, 0.717) is 12.3 Å². The molecule has 0 aliphatic carbocycles. The van der Waals surface area contributed by atoms with Crippen LogP contribution >= 0.6 is 0 Å². The van der Waals surface area contributed by atoms with Crippen molar-refractivity contribution in [2.24, 2.45) is 11.3 Å². The van der Waals surface area contributed by atoms with E-state index in [-0.39, 0.29) is 31.3 Å². The molecule has 206 valence electrons. The van der Waals surface area contributed by atoms with Gasteiger partial charge in [-0.3, -0.25) is 14.6 Å². The topological polar surface area (TPSA) is 135 Å². The number of rotatable bonds is 13. The van der Waals surface area contributed by atoms with Crippen LogP contribution in [0.4, 0.5) is 0 Å². The number of nitrogens with one attached hydrogen (secondary N) is 1. The van der Waals surface area contributed by atoms with E-state index in [1.165, 1.54) is 12.1 Å². The number of benzene rings is 2. The molecule has 2 rings (SSSR count). The summed E-state index contributed by atoms with van der Waals surface area (Å²) in [5.41, 5.74) is 2.55. The van der Waals surface area contributed by atoms with Crippen LogP contribution in [-0.4, -0.2) is 64.0 Å². The molecule has 0 fully saturated rings. The molecule has 1 atom stereocenters. The van der Waals surface area contributed by atoms with Gasteiger partial charge in [-0.1, -0.05) is 62.4 Å². The molecule has 0 aliphatic heterocycles. The van der Waals surface area contributed by atoms with Crippen molar-refractivity contribution >= 4 is 22.5 Å². The maximum atomic E-state index is 12.1. The number of hydrogen-bond donors (Lipinski definition) is 3. The molecule has 2 aromatic rings. The molecule has 10 heteroatoms. The number of aliphatic hydroxyl groups is 1. The molecule has 0 radical (unpaired) electrons. The zero-order chi connectivity index (χ0) is 28.2. The van der Waals surface area contributed by atoms with Crippen molar-refractivity contribution < 1.29 is 27.2 Å². The van der Waals surface area contributed by atoms with Crippen molar-refractivity contribution in [3.8, 4) is 11.8 Å². The molecule has 0 bridgehead atoms. The van der Waals surface area contributed by atoms with Gasteiger partial charge in [-0.15, -0.1) is 0 Å². The molecule has 0 heterocycles. The number of hydrazine groups is 1. The second-order valence-electron chi connectivity index (χ2n) is 9.55. The molecule has 0 aliphatic rings. The fourth-order valence-electron chi connectivity index (χ4n) is 3.10. The smallest absolute Gasteiger partial charge is 0.297 e. The molecule has 0 saturated heterocycles. The lowest BCUT2D eigenvalue weighted by Crippen LogP contribution is -2.40. The summed E-state index contributed by atoms with van der Waals surface area (Å²) in [6, 6.07) is 13.8. The predicted molar refractivity (Wildman–Crippen MR) is 148 cm³/mol. The first kappa shape index (κ1) is 31.2. The summed E-state index contributed by atoms with van der Waals surface area (Å²) in [5.74, 6) is 11.8. The van der Waals surface area contributed by atoms with E-state index in [4.69, 9.17) is 24.9 Å². The van der Waals surface area contributed by atoms with Crippen molar-refractivity contribution in [1.82, 2.24) is 5.01 Å². The second kappa shape index (κ2) is 14.8. The summed E-state index contributed by atoms with van der Waals surface area (Å²) in [5, 5.41) is 19.1. The zero-order valence-corrected chi connectivity index (χ0v) is 23.1. The van der Waals surface area contributed by atoms with Crippen LogP contribution < -0.4 is 5.84 Å². The van der Waals surface area contributed by atoms with Crippen molar-refractivity contribution in [2.45, 2.75) is 38.7 Å². The zero-order valence-electron chi connectivity index (χ0n) is 22.3. The molecule has 38 heavy (non-hydrogen) atoms. The lowest BCUT2D eigenvalue weighted by Gasteiger charge is -2.31. The van der Waals surface area contributed by atoms with E-state index in [1.54, 1.807) is 18.2 Å². The van der Waals surface area contributed by atoms with Crippen LogP contribution in [0.1, 0.15) is 37.5 Å². The molecule has 0 aromatic heterocycles. The molecule has 0 saturated carbocycles. The largest absolute Gasteiger partial charge is 0.386 e. The number of nitrogens with two attached hydrogens (primary N) is 1. The Balaban J connectivity index is 1.72. The van der Waals surface area contributed by atoms with E-state index in [2.05, 4.69) is 11.8 Å². The van der Waals surface area contributed by atoms with Gasteiger partial charge in [-0.05, 0) is 48.2 Å². The van der Waals surface area contributed by atoms with E-state index in [1.807, 2.05) is 52.0 Å². The summed E-state index contributed by atoms with van der Waals surface area (Å²) in [7, 11) is -3.79.